The average molecular weight is 298 g/mol. The fourth-order valence-corrected chi connectivity index (χ4v) is 4.16. The Hall–Kier alpha value is -1.30. The molecule has 1 aromatic rings. The van der Waals surface area contributed by atoms with Gasteiger partial charge in [0.1, 0.15) is 9.84 Å². The first kappa shape index (κ1) is 15.1. The largest absolute Gasteiger partial charge is 0.351 e. The molecule has 0 aliphatic carbocycles. The standard InChI is InChI=1S/C14H22N2O3S/c1-10-9-13(11(2)15(10)3)14(17)16(4)12-5-7-20(18,19)8-6-12/h9,12H,5-8H2,1-4H3. The van der Waals surface area contributed by atoms with E-state index in [1.165, 1.54) is 0 Å². The molecule has 0 unspecified atom stereocenters. The van der Waals surface area contributed by atoms with E-state index in [0.29, 0.717) is 18.4 Å². The van der Waals surface area contributed by atoms with Gasteiger partial charge in [-0.3, -0.25) is 4.79 Å². The first-order chi connectivity index (χ1) is 9.23. The van der Waals surface area contributed by atoms with Gasteiger partial charge in [0.05, 0.1) is 17.1 Å². The molecule has 1 aliphatic heterocycles. The van der Waals surface area contributed by atoms with E-state index in [0.717, 1.165) is 11.4 Å². The van der Waals surface area contributed by atoms with Gasteiger partial charge in [-0.2, -0.15) is 0 Å². The lowest BCUT2D eigenvalue weighted by Crippen LogP contribution is -2.42. The van der Waals surface area contributed by atoms with Gasteiger partial charge in [-0.05, 0) is 32.8 Å². The Kier molecular flexibility index (Phi) is 3.95. The van der Waals surface area contributed by atoms with Crippen molar-refractivity contribution in [1.29, 1.82) is 0 Å². The maximum absolute atomic E-state index is 12.6. The van der Waals surface area contributed by atoms with Crippen LogP contribution < -0.4 is 0 Å². The fourth-order valence-electron chi connectivity index (χ4n) is 2.69. The van der Waals surface area contributed by atoms with Gasteiger partial charge in [0.25, 0.3) is 5.91 Å². The quantitative estimate of drug-likeness (QED) is 0.826. The van der Waals surface area contributed by atoms with E-state index in [-0.39, 0.29) is 23.5 Å². The number of hydrogen-bond donors (Lipinski definition) is 0. The first-order valence-corrected chi connectivity index (χ1v) is 8.65. The maximum atomic E-state index is 12.6. The third-order valence-electron chi connectivity index (χ3n) is 4.40. The Morgan fingerprint density at radius 3 is 2.30 bits per heavy atom. The van der Waals surface area contributed by atoms with Crippen molar-refractivity contribution in [3.8, 4) is 0 Å². The van der Waals surface area contributed by atoms with Crippen molar-refractivity contribution in [2.45, 2.75) is 32.7 Å². The van der Waals surface area contributed by atoms with E-state index in [1.54, 1.807) is 11.9 Å². The van der Waals surface area contributed by atoms with Crippen molar-refractivity contribution >= 4 is 15.7 Å². The van der Waals surface area contributed by atoms with Crippen molar-refractivity contribution in [1.82, 2.24) is 9.47 Å². The van der Waals surface area contributed by atoms with Crippen LogP contribution in [0, 0.1) is 13.8 Å². The molecule has 1 amide bonds. The number of nitrogens with zero attached hydrogens (tertiary/aromatic N) is 2. The van der Waals surface area contributed by atoms with Gasteiger partial charge in [-0.15, -0.1) is 0 Å². The van der Waals surface area contributed by atoms with E-state index >= 15 is 0 Å². The summed E-state index contributed by atoms with van der Waals surface area (Å²) < 4.78 is 24.9. The van der Waals surface area contributed by atoms with Gasteiger partial charge >= 0.3 is 0 Å². The zero-order valence-electron chi connectivity index (χ0n) is 12.5. The van der Waals surface area contributed by atoms with Crippen LogP contribution in [0.15, 0.2) is 6.07 Å². The molecule has 0 N–H and O–H groups in total. The normalized spacial score (nSPS) is 19.0. The minimum Gasteiger partial charge on any atom is -0.351 e. The molecule has 1 aliphatic rings. The molecule has 0 aromatic carbocycles. The Bertz CT molecular complexity index is 617. The maximum Gasteiger partial charge on any atom is 0.255 e. The molecule has 0 radical (unpaired) electrons. The molecule has 6 heteroatoms. The summed E-state index contributed by atoms with van der Waals surface area (Å²) in [5.74, 6) is 0.347. The predicted octanol–water partition coefficient (Wildman–Crippen LogP) is 1.29. The first-order valence-electron chi connectivity index (χ1n) is 6.83. The summed E-state index contributed by atoms with van der Waals surface area (Å²) >= 11 is 0. The van der Waals surface area contributed by atoms with Crippen LogP contribution in [0.5, 0.6) is 0 Å². The molecule has 2 heterocycles. The van der Waals surface area contributed by atoms with Crippen LogP contribution in [0.1, 0.15) is 34.6 Å². The highest BCUT2D eigenvalue weighted by molar-refractivity contribution is 7.91. The summed E-state index contributed by atoms with van der Waals surface area (Å²) in [5, 5.41) is 0. The number of aromatic nitrogens is 1. The molecular formula is C14H22N2O3S. The van der Waals surface area contributed by atoms with Crippen LogP contribution in [-0.4, -0.2) is 48.4 Å². The van der Waals surface area contributed by atoms with Crippen molar-refractivity contribution in [3.63, 3.8) is 0 Å². The third-order valence-corrected chi connectivity index (χ3v) is 6.11. The van der Waals surface area contributed by atoms with Crippen molar-refractivity contribution < 1.29 is 13.2 Å². The van der Waals surface area contributed by atoms with Gasteiger partial charge in [-0.1, -0.05) is 0 Å². The number of carbonyl (C=O) groups excluding carboxylic acids is 1. The molecule has 0 bridgehead atoms. The van der Waals surface area contributed by atoms with Crippen molar-refractivity contribution in [3.05, 3.63) is 23.0 Å². The van der Waals surface area contributed by atoms with Crippen LogP contribution in [-0.2, 0) is 16.9 Å². The highest BCUT2D eigenvalue weighted by Crippen LogP contribution is 2.21. The molecule has 0 atom stereocenters. The monoisotopic (exact) mass is 298 g/mol. The molecule has 1 saturated heterocycles. The second-order valence-electron chi connectivity index (χ2n) is 5.64. The van der Waals surface area contributed by atoms with Gasteiger partial charge in [0.2, 0.25) is 0 Å². The third kappa shape index (κ3) is 2.75. The molecule has 112 valence electrons. The van der Waals surface area contributed by atoms with Crippen molar-refractivity contribution in [2.24, 2.45) is 7.05 Å². The topological polar surface area (TPSA) is 59.4 Å². The van der Waals surface area contributed by atoms with Crippen LogP contribution in [0.2, 0.25) is 0 Å². The molecule has 0 spiro atoms. The number of amides is 1. The summed E-state index contributed by atoms with van der Waals surface area (Å²) in [7, 11) is 0.817. The summed E-state index contributed by atoms with van der Waals surface area (Å²) in [5.41, 5.74) is 2.70. The van der Waals surface area contributed by atoms with E-state index < -0.39 is 9.84 Å². The lowest BCUT2D eigenvalue weighted by Gasteiger charge is -2.31. The number of hydrogen-bond acceptors (Lipinski definition) is 3. The number of carbonyl (C=O) groups is 1. The highest BCUT2D eigenvalue weighted by Gasteiger charge is 2.30. The zero-order chi connectivity index (χ0) is 15.1. The fraction of sp³-hybridized carbons (Fsp3) is 0.643. The number of rotatable bonds is 2. The molecule has 1 aromatic heterocycles. The molecule has 20 heavy (non-hydrogen) atoms. The predicted molar refractivity (Wildman–Crippen MR) is 78.7 cm³/mol. The summed E-state index contributed by atoms with van der Waals surface area (Å²) in [6, 6.07) is 1.92. The SMILES string of the molecule is Cc1cc(C(=O)N(C)C2CCS(=O)(=O)CC2)c(C)n1C. The van der Waals surface area contributed by atoms with E-state index in [2.05, 4.69) is 0 Å². The number of sulfone groups is 1. The molecule has 1 fully saturated rings. The number of aryl methyl sites for hydroxylation is 1. The van der Waals surface area contributed by atoms with E-state index in [9.17, 15) is 13.2 Å². The van der Waals surface area contributed by atoms with E-state index in [4.69, 9.17) is 0 Å². The molecule has 2 rings (SSSR count). The van der Waals surface area contributed by atoms with Crippen molar-refractivity contribution in [2.75, 3.05) is 18.6 Å². The summed E-state index contributed by atoms with van der Waals surface area (Å²) in [6.07, 6.45) is 1.07. The Labute approximate surface area is 120 Å². The molecule has 5 nitrogen and oxygen atoms in total. The van der Waals surface area contributed by atoms with Gasteiger partial charge < -0.3 is 9.47 Å². The Balaban J connectivity index is 2.15. The minimum atomic E-state index is -2.89. The van der Waals surface area contributed by atoms with E-state index in [1.807, 2.05) is 31.5 Å². The average Bonchev–Trinajstić information content (AvgIpc) is 2.65. The van der Waals surface area contributed by atoms with Gasteiger partial charge in [0.15, 0.2) is 0 Å². The second kappa shape index (κ2) is 5.24. The Morgan fingerprint density at radius 1 is 1.30 bits per heavy atom. The van der Waals surface area contributed by atoms with Gasteiger partial charge in [-0.25, -0.2) is 8.42 Å². The second-order valence-corrected chi connectivity index (χ2v) is 7.95. The Morgan fingerprint density at radius 2 is 1.85 bits per heavy atom. The lowest BCUT2D eigenvalue weighted by molar-refractivity contribution is 0.0721. The zero-order valence-corrected chi connectivity index (χ0v) is 13.3. The smallest absolute Gasteiger partial charge is 0.255 e. The van der Waals surface area contributed by atoms with Crippen LogP contribution in [0.3, 0.4) is 0 Å². The molecular weight excluding hydrogens is 276 g/mol. The highest BCUT2D eigenvalue weighted by atomic mass is 32.2. The summed E-state index contributed by atoms with van der Waals surface area (Å²) in [6.45, 7) is 3.90. The van der Waals surface area contributed by atoms with Gasteiger partial charge in [0, 0.05) is 31.5 Å². The molecule has 0 saturated carbocycles. The van der Waals surface area contributed by atoms with Crippen LogP contribution in [0.25, 0.3) is 0 Å². The van der Waals surface area contributed by atoms with Crippen LogP contribution in [0.4, 0.5) is 0 Å². The van der Waals surface area contributed by atoms with Crippen LogP contribution >= 0.6 is 0 Å². The minimum absolute atomic E-state index is 0.0181. The lowest BCUT2D eigenvalue weighted by atomic mass is 10.1. The summed E-state index contributed by atoms with van der Waals surface area (Å²) in [4.78, 5) is 14.3.